The van der Waals surface area contributed by atoms with Gasteiger partial charge in [-0.25, -0.2) is 49.1 Å². The second-order valence-corrected chi connectivity index (χ2v) is 22.2. The number of hydrogen-bond donors (Lipinski definition) is 6. The number of nitrogens with two attached hydrogens (primary N) is 1. The SMILES string of the molecule is CCOC(=O)[C@@H](CN)NC(=O)OCc1ccccc1.CCOC(=O)[C@@H](CNc1ncnc(N2CCC(c3ccc4c(n3)NCCC4)CC2)c1CC)NC(=O)OCc1ccccc1.CCc1c(Br)ncnc1N1CCC(c2ccc3c(n2)NCCC3)CC1. The van der Waals surface area contributed by atoms with Gasteiger partial charge in [-0.3, -0.25) is 0 Å². The summed E-state index contributed by atoms with van der Waals surface area (Å²) in [5.74, 6) is 4.60. The Morgan fingerprint density at radius 2 is 1.06 bits per heavy atom. The van der Waals surface area contributed by atoms with Gasteiger partial charge in [0.05, 0.1) is 13.2 Å². The molecule has 87 heavy (non-hydrogen) atoms. The molecule has 0 unspecified atom stereocenters. The third-order valence-electron chi connectivity index (χ3n) is 15.6. The van der Waals surface area contributed by atoms with Crippen LogP contribution in [0.25, 0.3) is 0 Å². The highest BCUT2D eigenvalue weighted by Crippen LogP contribution is 2.35. The van der Waals surface area contributed by atoms with E-state index in [9.17, 15) is 19.2 Å². The summed E-state index contributed by atoms with van der Waals surface area (Å²) < 4.78 is 21.2. The van der Waals surface area contributed by atoms with E-state index >= 15 is 0 Å². The van der Waals surface area contributed by atoms with Crippen LogP contribution in [0.15, 0.2) is 102 Å². The molecule has 4 aliphatic heterocycles. The van der Waals surface area contributed by atoms with Crippen LogP contribution in [0.1, 0.15) is 123 Å². The number of aromatic nitrogens is 6. The van der Waals surface area contributed by atoms with Crippen LogP contribution in [0, 0.1) is 0 Å². The van der Waals surface area contributed by atoms with Crippen LogP contribution >= 0.6 is 15.9 Å². The minimum Gasteiger partial charge on any atom is -0.464 e. The Labute approximate surface area is 518 Å². The van der Waals surface area contributed by atoms with Gasteiger partial charge < -0.3 is 61.1 Å². The van der Waals surface area contributed by atoms with Crippen LogP contribution in [0.2, 0.25) is 0 Å². The predicted molar refractivity (Wildman–Crippen MR) is 339 cm³/mol. The number of alkyl carbamates (subject to hydrolysis) is 2. The van der Waals surface area contributed by atoms with Crippen LogP contribution in [0.5, 0.6) is 0 Å². The standard InChI is InChI=1S/C32H41N7O4.C19H24BrN5.C13H18N2O4/c1-3-25-29(34-19-27(31(40)42-4-2)38-32(41)43-20-22-9-6-5-7-10-22)35-21-36-30(25)39-17-14-23(15-18-39)26-13-12-24-11-8-16-33-28(24)37-26;1-2-15-17(20)22-12-23-19(15)25-10-7-13(8-11-25)16-6-5-14-4-3-9-21-18(14)24-16;1-2-18-12(16)11(8-14)15-13(17)19-9-10-6-4-3-5-7-10/h5-7,9-10,12-13,21,23,27H,3-4,8,11,14-20H2,1-2H3,(H,33,37)(H,38,41)(H,34,35,36);5-6,12-13H,2-4,7-11H2,1H3,(H,21,24);3-7,11H,2,8-9,14H2,1H3,(H,15,17)/t27-;;11-/m1.1/s1. The number of aryl methyl sites for hydroxylation is 2. The summed E-state index contributed by atoms with van der Waals surface area (Å²) in [4.78, 5) is 80.7. The molecular formula is C64H83BrN14O8. The average molecular weight is 1260 g/mol. The molecule has 0 saturated carbocycles. The van der Waals surface area contributed by atoms with Gasteiger partial charge in [0, 0.05) is 86.7 Å². The Hall–Kier alpha value is -8.18. The molecule has 0 spiro atoms. The van der Waals surface area contributed by atoms with Gasteiger partial charge in [0.25, 0.3) is 0 Å². The van der Waals surface area contributed by atoms with Gasteiger partial charge in [-0.05, 0) is 128 Å². The number of nitrogens with zero attached hydrogens (tertiary/aromatic N) is 8. The number of piperidine rings is 2. The van der Waals surface area contributed by atoms with E-state index in [4.69, 9.17) is 34.6 Å². The van der Waals surface area contributed by atoms with Crippen LogP contribution < -0.4 is 42.1 Å². The molecule has 4 aromatic heterocycles. The van der Waals surface area contributed by atoms with Crippen molar-refractivity contribution in [1.29, 1.82) is 0 Å². The predicted octanol–water partition coefficient (Wildman–Crippen LogP) is 9.19. The number of rotatable bonds is 20. The monoisotopic (exact) mass is 1250 g/mol. The lowest BCUT2D eigenvalue weighted by atomic mass is 9.92. The van der Waals surface area contributed by atoms with Crippen molar-refractivity contribution in [2.45, 2.75) is 129 Å². The first-order valence-corrected chi connectivity index (χ1v) is 31.3. The number of fused-ring (bicyclic) bond motifs is 2. The summed E-state index contributed by atoms with van der Waals surface area (Å²) in [6.07, 6.45) is 12.3. The number of hydrogen-bond acceptors (Lipinski definition) is 20. The third-order valence-corrected chi connectivity index (χ3v) is 16.3. The van der Waals surface area contributed by atoms with Crippen molar-refractivity contribution in [2.24, 2.45) is 5.73 Å². The maximum Gasteiger partial charge on any atom is 0.408 e. The second kappa shape index (κ2) is 33.7. The molecule has 2 amide bonds. The Balaban J connectivity index is 0.000000188. The van der Waals surface area contributed by atoms with E-state index in [1.165, 1.54) is 28.8 Å². The highest BCUT2D eigenvalue weighted by atomic mass is 79.9. The molecule has 4 aliphatic rings. The van der Waals surface area contributed by atoms with E-state index < -0.39 is 36.2 Å². The molecule has 0 aliphatic carbocycles. The first kappa shape index (κ1) is 64.8. The fourth-order valence-electron chi connectivity index (χ4n) is 10.9. The minimum absolute atomic E-state index is 0.0424. The summed E-state index contributed by atoms with van der Waals surface area (Å²) >= 11 is 3.56. The zero-order chi connectivity index (χ0) is 61.3. The van der Waals surface area contributed by atoms with Gasteiger partial charge in [-0.1, -0.05) is 86.6 Å². The summed E-state index contributed by atoms with van der Waals surface area (Å²) in [5, 5.41) is 15.2. The van der Waals surface area contributed by atoms with Crippen molar-refractivity contribution in [3.05, 3.63) is 147 Å². The van der Waals surface area contributed by atoms with Crippen molar-refractivity contribution in [1.82, 2.24) is 40.5 Å². The maximum atomic E-state index is 12.7. The molecule has 0 bridgehead atoms. The van der Waals surface area contributed by atoms with Crippen LogP contribution in [0.3, 0.4) is 0 Å². The number of benzene rings is 2. The zero-order valence-corrected chi connectivity index (χ0v) is 52.0. The van der Waals surface area contributed by atoms with Crippen LogP contribution in [0.4, 0.5) is 38.7 Å². The van der Waals surface area contributed by atoms with Gasteiger partial charge in [-0.15, -0.1) is 0 Å². The Bertz CT molecular complexity index is 3170. The number of pyridine rings is 2. The molecule has 8 heterocycles. The number of halogens is 1. The summed E-state index contributed by atoms with van der Waals surface area (Å²) in [6.45, 7) is 14.1. The first-order valence-electron chi connectivity index (χ1n) is 30.5. The van der Waals surface area contributed by atoms with Crippen LogP contribution in [-0.4, -0.2) is 132 Å². The highest BCUT2D eigenvalue weighted by molar-refractivity contribution is 9.10. The van der Waals surface area contributed by atoms with E-state index in [1.807, 2.05) is 60.7 Å². The summed E-state index contributed by atoms with van der Waals surface area (Å²) in [7, 11) is 0. The van der Waals surface area contributed by atoms with Crippen molar-refractivity contribution >= 4 is 69.1 Å². The lowest BCUT2D eigenvalue weighted by molar-refractivity contribution is -0.146. The molecule has 23 heteroatoms. The second-order valence-electron chi connectivity index (χ2n) is 21.4. The van der Waals surface area contributed by atoms with Crippen molar-refractivity contribution in [3.8, 4) is 0 Å². The van der Waals surface area contributed by atoms with Gasteiger partial charge in [0.15, 0.2) is 0 Å². The van der Waals surface area contributed by atoms with E-state index in [2.05, 4.69) is 110 Å². The normalized spacial score (nSPS) is 15.3. The molecule has 2 saturated heterocycles. The highest BCUT2D eigenvalue weighted by Gasteiger charge is 2.29. The largest absolute Gasteiger partial charge is 0.464 e. The lowest BCUT2D eigenvalue weighted by Crippen LogP contribution is -2.46. The molecule has 6 aromatic rings. The van der Waals surface area contributed by atoms with Gasteiger partial charge in [0.2, 0.25) is 0 Å². The number of esters is 2. The molecule has 2 atom stereocenters. The van der Waals surface area contributed by atoms with Crippen molar-refractivity contribution in [3.63, 3.8) is 0 Å². The van der Waals surface area contributed by atoms with Gasteiger partial charge in [0.1, 0.15) is 71.6 Å². The number of anilines is 5. The van der Waals surface area contributed by atoms with E-state index in [0.29, 0.717) is 24.1 Å². The summed E-state index contributed by atoms with van der Waals surface area (Å²) in [5.41, 5.74) is 14.3. The molecule has 464 valence electrons. The smallest absolute Gasteiger partial charge is 0.408 e. The number of amides is 2. The van der Waals surface area contributed by atoms with Gasteiger partial charge in [-0.2, -0.15) is 0 Å². The fourth-order valence-corrected chi connectivity index (χ4v) is 11.5. The molecular weight excluding hydrogens is 1170 g/mol. The lowest BCUT2D eigenvalue weighted by Gasteiger charge is -2.34. The molecule has 7 N–H and O–H groups in total. The van der Waals surface area contributed by atoms with E-state index in [1.54, 1.807) is 26.5 Å². The zero-order valence-electron chi connectivity index (χ0n) is 50.4. The van der Waals surface area contributed by atoms with Crippen molar-refractivity contribution < 1.29 is 38.1 Å². The summed E-state index contributed by atoms with van der Waals surface area (Å²) in [6, 6.07) is 25.7. The Kier molecular flexibility index (Phi) is 25.1. The maximum absolute atomic E-state index is 12.7. The Morgan fingerprint density at radius 3 is 1.53 bits per heavy atom. The molecule has 10 rings (SSSR count). The van der Waals surface area contributed by atoms with Crippen LogP contribution in [-0.2, 0) is 67.4 Å². The fraction of sp³-hybridized carbons (Fsp3) is 0.469. The first-order chi connectivity index (χ1) is 42.5. The van der Waals surface area contributed by atoms with E-state index in [0.717, 1.165) is 141 Å². The molecule has 2 fully saturated rings. The number of ether oxygens (including phenoxy) is 4. The molecule has 0 radical (unpaired) electrons. The molecule has 22 nitrogen and oxygen atoms in total. The topological polar surface area (TPSA) is 275 Å². The van der Waals surface area contributed by atoms with E-state index in [-0.39, 0.29) is 39.5 Å². The number of carbonyl (C=O) groups is 4. The number of nitrogens with one attached hydrogen (secondary N) is 5. The van der Waals surface area contributed by atoms with Gasteiger partial charge >= 0.3 is 24.1 Å². The third kappa shape index (κ3) is 18.7. The minimum atomic E-state index is -0.958. The quantitative estimate of drug-likeness (QED) is 0.0236. The van der Waals surface area contributed by atoms with Crippen molar-refractivity contribution in [2.75, 3.05) is 91.3 Å². The Morgan fingerprint density at radius 1 is 0.598 bits per heavy atom. The average Bonchev–Trinajstić information content (AvgIpc) is 3.53. The number of carbonyl (C=O) groups excluding carboxylic acids is 4. The molecule has 2 aromatic carbocycles.